The summed E-state index contributed by atoms with van der Waals surface area (Å²) in [6, 6.07) is 0. The monoisotopic (exact) mass is 203 g/mol. The van der Waals surface area contributed by atoms with Gasteiger partial charge in [0.2, 0.25) is 0 Å². The molecule has 0 radical (unpaired) electrons. The molecule has 0 fully saturated rings. The smallest absolute Gasteiger partial charge is 0.0589 e. The van der Waals surface area contributed by atoms with Gasteiger partial charge in [-0.15, -0.1) is 0 Å². The Morgan fingerprint density at radius 1 is 1.29 bits per heavy atom. The van der Waals surface area contributed by atoms with Crippen LogP contribution >= 0.6 is 0 Å². The first kappa shape index (κ1) is 13.9. The van der Waals surface area contributed by atoms with Crippen molar-refractivity contribution in [2.45, 2.75) is 39.2 Å². The van der Waals surface area contributed by atoms with Crippen molar-refractivity contribution in [3.8, 4) is 0 Å². The molecule has 0 aliphatic rings. The molecule has 0 heterocycles. The van der Waals surface area contributed by atoms with Gasteiger partial charge in [0.05, 0.1) is 12.7 Å². The van der Waals surface area contributed by atoms with Crippen LogP contribution in [-0.4, -0.2) is 49.5 Å². The topological polar surface area (TPSA) is 32.7 Å². The zero-order valence-electron chi connectivity index (χ0n) is 9.83. The number of ether oxygens (including phenoxy) is 1. The molecule has 0 aromatic heterocycles. The number of nitrogens with zero attached hydrogens (tertiary/aromatic N) is 1. The molecule has 86 valence electrons. The second kappa shape index (κ2) is 9.44. The number of unbranched alkanes of at least 4 members (excludes halogenated alkanes) is 1. The molecular weight excluding hydrogens is 178 g/mol. The van der Waals surface area contributed by atoms with E-state index in [4.69, 9.17) is 9.84 Å². The molecule has 0 spiro atoms. The van der Waals surface area contributed by atoms with Gasteiger partial charge in [-0.3, -0.25) is 0 Å². The fraction of sp³-hybridized carbons (Fsp3) is 1.00. The van der Waals surface area contributed by atoms with Crippen LogP contribution in [0.1, 0.15) is 33.1 Å². The maximum Gasteiger partial charge on any atom is 0.0589 e. The molecule has 0 bridgehead atoms. The number of rotatable bonds is 9. The van der Waals surface area contributed by atoms with Gasteiger partial charge >= 0.3 is 0 Å². The lowest BCUT2D eigenvalue weighted by molar-refractivity contribution is 0.146. The number of methoxy groups -OCH3 is 1. The second-order valence-corrected chi connectivity index (χ2v) is 3.77. The molecule has 0 saturated carbocycles. The van der Waals surface area contributed by atoms with Crippen LogP contribution in [0.15, 0.2) is 0 Å². The molecule has 14 heavy (non-hydrogen) atoms. The maximum atomic E-state index is 9.08. The third-order valence-corrected chi connectivity index (χ3v) is 2.41. The summed E-state index contributed by atoms with van der Waals surface area (Å²) in [6.45, 7) is 8.05. The molecule has 0 amide bonds. The molecule has 1 atom stereocenters. The summed E-state index contributed by atoms with van der Waals surface area (Å²) in [4.78, 5) is 2.38. The van der Waals surface area contributed by atoms with E-state index >= 15 is 0 Å². The summed E-state index contributed by atoms with van der Waals surface area (Å²) in [5.41, 5.74) is 0. The van der Waals surface area contributed by atoms with E-state index in [1.54, 1.807) is 7.11 Å². The van der Waals surface area contributed by atoms with E-state index < -0.39 is 0 Å². The predicted molar refractivity (Wildman–Crippen MR) is 59.5 cm³/mol. The normalized spacial score (nSPS) is 13.5. The van der Waals surface area contributed by atoms with Gasteiger partial charge in [-0.2, -0.15) is 0 Å². The molecule has 0 aromatic carbocycles. The quantitative estimate of drug-likeness (QED) is 0.577. The highest BCUT2D eigenvalue weighted by Crippen LogP contribution is 2.01. The maximum absolute atomic E-state index is 9.08. The Labute approximate surface area is 88.1 Å². The Kier molecular flexibility index (Phi) is 9.35. The first-order chi connectivity index (χ1) is 6.70. The van der Waals surface area contributed by atoms with Crippen molar-refractivity contribution in [3.05, 3.63) is 0 Å². The van der Waals surface area contributed by atoms with Gasteiger partial charge in [0.1, 0.15) is 0 Å². The van der Waals surface area contributed by atoms with Crippen molar-refractivity contribution in [2.24, 2.45) is 0 Å². The lowest BCUT2D eigenvalue weighted by Gasteiger charge is -2.19. The predicted octanol–water partition coefficient (Wildman–Crippen LogP) is 1.51. The summed E-state index contributed by atoms with van der Waals surface area (Å²) >= 11 is 0. The SMILES string of the molecule is CCN(CCCCC(C)O)CCOC. The largest absolute Gasteiger partial charge is 0.393 e. The molecule has 0 saturated heterocycles. The van der Waals surface area contributed by atoms with Crippen LogP contribution in [0.3, 0.4) is 0 Å². The number of hydrogen-bond donors (Lipinski definition) is 1. The Morgan fingerprint density at radius 2 is 2.00 bits per heavy atom. The highest BCUT2D eigenvalue weighted by atomic mass is 16.5. The highest BCUT2D eigenvalue weighted by Gasteiger charge is 2.02. The van der Waals surface area contributed by atoms with Gasteiger partial charge in [0, 0.05) is 13.7 Å². The first-order valence-electron chi connectivity index (χ1n) is 5.60. The fourth-order valence-electron chi connectivity index (χ4n) is 1.42. The number of hydrogen-bond acceptors (Lipinski definition) is 3. The van der Waals surface area contributed by atoms with E-state index in [1.165, 1.54) is 6.42 Å². The van der Waals surface area contributed by atoms with Crippen molar-refractivity contribution in [1.82, 2.24) is 4.90 Å². The van der Waals surface area contributed by atoms with Gasteiger partial charge in [0.25, 0.3) is 0 Å². The van der Waals surface area contributed by atoms with Gasteiger partial charge in [-0.25, -0.2) is 0 Å². The molecule has 0 aliphatic carbocycles. The molecule has 1 unspecified atom stereocenters. The standard InChI is InChI=1S/C11H25NO2/c1-4-12(9-10-14-3)8-6-5-7-11(2)13/h11,13H,4-10H2,1-3H3. The minimum atomic E-state index is -0.149. The van der Waals surface area contributed by atoms with Crippen LogP contribution in [0, 0.1) is 0 Å². The van der Waals surface area contributed by atoms with E-state index in [9.17, 15) is 0 Å². The molecule has 3 heteroatoms. The second-order valence-electron chi connectivity index (χ2n) is 3.77. The molecule has 0 aromatic rings. The van der Waals surface area contributed by atoms with E-state index in [1.807, 2.05) is 6.92 Å². The molecule has 0 rings (SSSR count). The van der Waals surface area contributed by atoms with E-state index in [2.05, 4.69) is 11.8 Å². The van der Waals surface area contributed by atoms with Gasteiger partial charge in [-0.05, 0) is 39.3 Å². The van der Waals surface area contributed by atoms with Crippen molar-refractivity contribution >= 4 is 0 Å². The number of aliphatic hydroxyl groups excluding tert-OH is 1. The third-order valence-electron chi connectivity index (χ3n) is 2.41. The zero-order chi connectivity index (χ0) is 10.8. The van der Waals surface area contributed by atoms with Gasteiger partial charge in [-0.1, -0.05) is 6.92 Å². The first-order valence-corrected chi connectivity index (χ1v) is 5.60. The molecular formula is C11H25NO2. The van der Waals surface area contributed by atoms with Crippen LogP contribution in [0.4, 0.5) is 0 Å². The Morgan fingerprint density at radius 3 is 2.50 bits per heavy atom. The third kappa shape index (κ3) is 8.48. The van der Waals surface area contributed by atoms with E-state index in [0.717, 1.165) is 39.1 Å². The zero-order valence-corrected chi connectivity index (χ0v) is 9.83. The lowest BCUT2D eigenvalue weighted by Crippen LogP contribution is -2.28. The Hall–Kier alpha value is -0.120. The highest BCUT2D eigenvalue weighted by molar-refractivity contribution is 4.56. The van der Waals surface area contributed by atoms with Gasteiger partial charge in [0.15, 0.2) is 0 Å². The average Bonchev–Trinajstić information content (AvgIpc) is 2.16. The van der Waals surface area contributed by atoms with Crippen LogP contribution in [0.2, 0.25) is 0 Å². The van der Waals surface area contributed by atoms with Crippen LogP contribution in [0.5, 0.6) is 0 Å². The summed E-state index contributed by atoms with van der Waals surface area (Å²) in [5, 5.41) is 9.08. The molecule has 1 N–H and O–H groups in total. The molecule has 3 nitrogen and oxygen atoms in total. The number of aliphatic hydroxyl groups is 1. The van der Waals surface area contributed by atoms with Gasteiger partial charge < -0.3 is 14.7 Å². The minimum absolute atomic E-state index is 0.149. The van der Waals surface area contributed by atoms with E-state index in [-0.39, 0.29) is 6.10 Å². The average molecular weight is 203 g/mol. The summed E-state index contributed by atoms with van der Waals surface area (Å²) in [6.07, 6.45) is 3.05. The Balaban J connectivity index is 3.33. The fourth-order valence-corrected chi connectivity index (χ4v) is 1.42. The number of likely N-dealkylation sites (N-methyl/N-ethyl adjacent to an activating group) is 1. The summed E-state index contributed by atoms with van der Waals surface area (Å²) in [5.74, 6) is 0. The van der Waals surface area contributed by atoms with Crippen LogP contribution in [-0.2, 0) is 4.74 Å². The summed E-state index contributed by atoms with van der Waals surface area (Å²) < 4.78 is 5.04. The van der Waals surface area contributed by atoms with Crippen LogP contribution < -0.4 is 0 Å². The molecule has 0 aliphatic heterocycles. The van der Waals surface area contributed by atoms with Crippen molar-refractivity contribution in [3.63, 3.8) is 0 Å². The minimum Gasteiger partial charge on any atom is -0.393 e. The van der Waals surface area contributed by atoms with Crippen molar-refractivity contribution < 1.29 is 9.84 Å². The summed E-state index contributed by atoms with van der Waals surface area (Å²) in [7, 11) is 1.74. The Bertz CT molecular complexity index is 118. The van der Waals surface area contributed by atoms with Crippen LogP contribution in [0.25, 0.3) is 0 Å². The lowest BCUT2D eigenvalue weighted by atomic mass is 10.1. The van der Waals surface area contributed by atoms with Crippen molar-refractivity contribution in [1.29, 1.82) is 0 Å². The van der Waals surface area contributed by atoms with E-state index in [0.29, 0.717) is 0 Å². The van der Waals surface area contributed by atoms with Crippen molar-refractivity contribution in [2.75, 3.05) is 33.4 Å².